The van der Waals surface area contributed by atoms with Crippen LogP contribution in [0.25, 0.3) is 33.3 Å². The van der Waals surface area contributed by atoms with E-state index in [-0.39, 0.29) is 109 Å². The first kappa shape index (κ1) is 47.5. The SMILES string of the molecule is Nc1c(S(=O)(=O)c2ccc3ccccc3c2)cc2c(c1S(=O)(=O)O)Oc1c(c(Cl)c3oc4c(S(=O)(=O)O)/c(=N\c5nc(NCCOCCO)nc(NCCOCCO)n5)ccc-4nc3c1Cl)N2. The maximum atomic E-state index is 14.2. The van der Waals surface area contributed by atoms with E-state index in [1.54, 1.807) is 30.3 Å². The minimum Gasteiger partial charge on any atom is -0.450 e. The molecule has 0 unspecified atom stereocenters. The maximum Gasteiger partial charge on any atom is 0.300 e. The second-order valence-corrected chi connectivity index (χ2v) is 19.5. The van der Waals surface area contributed by atoms with E-state index in [0.717, 1.165) is 12.1 Å². The fraction of sp³-hybridized carbons (Fsp3) is 0.205. The molecule has 67 heavy (non-hydrogen) atoms. The lowest BCUT2D eigenvalue weighted by molar-refractivity contribution is 0.0990. The molecule has 352 valence electrons. The van der Waals surface area contributed by atoms with Crippen molar-refractivity contribution in [3.63, 3.8) is 0 Å². The third-order valence-corrected chi connectivity index (χ3v) is 14.0. The molecule has 28 heteroatoms. The number of nitrogen functional groups attached to an aromatic ring is 1. The lowest BCUT2D eigenvalue weighted by Gasteiger charge is -2.27. The molecule has 9 N–H and O–H groups in total. The molecule has 3 heterocycles. The van der Waals surface area contributed by atoms with Gasteiger partial charge in [0.1, 0.15) is 26.9 Å². The third kappa shape index (κ3) is 9.59. The van der Waals surface area contributed by atoms with Gasteiger partial charge in [-0.2, -0.15) is 31.8 Å². The van der Waals surface area contributed by atoms with Crippen LogP contribution in [0, 0.1) is 0 Å². The first-order valence-corrected chi connectivity index (χ1v) is 24.6. The summed E-state index contributed by atoms with van der Waals surface area (Å²) in [5.41, 5.74) is 3.86. The summed E-state index contributed by atoms with van der Waals surface area (Å²) in [6.07, 6.45) is 0. The van der Waals surface area contributed by atoms with Crippen LogP contribution in [-0.2, 0) is 39.5 Å². The van der Waals surface area contributed by atoms with E-state index in [2.05, 4.69) is 40.9 Å². The lowest BCUT2D eigenvalue weighted by Crippen LogP contribution is -2.19. The van der Waals surface area contributed by atoms with Gasteiger partial charge in [0, 0.05) is 13.1 Å². The zero-order valence-corrected chi connectivity index (χ0v) is 38.1. The molecular formula is C39H35Cl2N9O14S3. The molecule has 0 saturated carbocycles. The number of aliphatic hydroxyl groups excluding tert-OH is 2. The summed E-state index contributed by atoms with van der Waals surface area (Å²) >= 11 is 13.7. The Morgan fingerprint density at radius 3 is 2.01 bits per heavy atom. The Kier molecular flexibility index (Phi) is 13.4. The minimum atomic E-state index is -5.34. The highest BCUT2D eigenvalue weighted by Crippen LogP contribution is 2.56. The van der Waals surface area contributed by atoms with Crippen LogP contribution in [0.1, 0.15) is 0 Å². The largest absolute Gasteiger partial charge is 0.450 e. The van der Waals surface area contributed by atoms with E-state index >= 15 is 0 Å². The van der Waals surface area contributed by atoms with Gasteiger partial charge < -0.3 is 50.5 Å². The van der Waals surface area contributed by atoms with E-state index in [1.807, 2.05) is 0 Å². The number of nitrogens with zero attached hydrogens (tertiary/aromatic N) is 5. The molecule has 23 nitrogen and oxygen atoms in total. The van der Waals surface area contributed by atoms with E-state index < -0.39 is 77.9 Å². The molecule has 0 bridgehead atoms. The summed E-state index contributed by atoms with van der Waals surface area (Å²) in [6, 6.07) is 14.5. The summed E-state index contributed by atoms with van der Waals surface area (Å²) < 4.78 is 124. The van der Waals surface area contributed by atoms with Crippen LogP contribution in [0.2, 0.25) is 10.0 Å². The lowest BCUT2D eigenvalue weighted by atomic mass is 10.1. The van der Waals surface area contributed by atoms with Crippen LogP contribution in [0.3, 0.4) is 0 Å². The summed E-state index contributed by atoms with van der Waals surface area (Å²) in [5, 5.41) is 26.6. The molecule has 8 rings (SSSR count). The van der Waals surface area contributed by atoms with Crippen LogP contribution in [0.4, 0.5) is 34.9 Å². The second-order valence-electron chi connectivity index (χ2n) is 14.1. The fourth-order valence-corrected chi connectivity index (χ4v) is 10.4. The minimum absolute atomic E-state index is 0.0287. The van der Waals surface area contributed by atoms with Crippen molar-refractivity contribution in [2.24, 2.45) is 4.99 Å². The van der Waals surface area contributed by atoms with Crippen molar-refractivity contribution in [2.75, 3.05) is 74.4 Å². The molecule has 0 spiro atoms. The number of rotatable bonds is 17. The molecule has 3 aliphatic rings. The molecule has 1 aromatic heterocycles. The van der Waals surface area contributed by atoms with Gasteiger partial charge in [0.05, 0.1) is 66.2 Å². The highest BCUT2D eigenvalue weighted by Gasteiger charge is 2.38. The fourth-order valence-electron chi connectivity index (χ4n) is 6.81. The van der Waals surface area contributed by atoms with Gasteiger partial charge in [-0.3, -0.25) is 9.11 Å². The van der Waals surface area contributed by atoms with Crippen molar-refractivity contribution in [2.45, 2.75) is 19.6 Å². The topological polar surface area (TPSA) is 350 Å². The number of aromatic nitrogens is 4. The van der Waals surface area contributed by atoms with E-state index in [9.17, 15) is 34.4 Å². The first-order chi connectivity index (χ1) is 31.9. The molecule has 0 radical (unpaired) electrons. The van der Waals surface area contributed by atoms with Crippen LogP contribution in [0.15, 0.2) is 89.7 Å². The monoisotopic (exact) mass is 1020 g/mol. The third-order valence-electron chi connectivity index (χ3n) is 9.69. The summed E-state index contributed by atoms with van der Waals surface area (Å²) in [6.45, 7) is 0.426. The second kappa shape index (κ2) is 18.9. The zero-order valence-electron chi connectivity index (χ0n) is 34.1. The van der Waals surface area contributed by atoms with Gasteiger partial charge in [-0.1, -0.05) is 53.5 Å². The number of benzene rings is 5. The average molecular weight is 1020 g/mol. The molecule has 0 atom stereocenters. The average Bonchev–Trinajstić information content (AvgIpc) is 3.28. The Labute approximate surface area is 389 Å². The summed E-state index contributed by atoms with van der Waals surface area (Å²) in [5.74, 6) is -2.02. The van der Waals surface area contributed by atoms with Gasteiger partial charge >= 0.3 is 10.1 Å². The maximum absolute atomic E-state index is 14.2. The summed E-state index contributed by atoms with van der Waals surface area (Å²) in [4.78, 5) is 18.5. The Hall–Kier alpha value is -6.04. The first-order valence-electron chi connectivity index (χ1n) is 19.4. The molecule has 0 amide bonds. The number of ether oxygens (including phenoxy) is 3. The van der Waals surface area contributed by atoms with E-state index in [0.29, 0.717) is 10.8 Å². The zero-order chi connectivity index (χ0) is 47.8. The number of nitrogens with one attached hydrogen (secondary N) is 3. The molecular weight excluding hydrogens is 986 g/mol. The predicted octanol–water partition coefficient (Wildman–Crippen LogP) is 4.41. The van der Waals surface area contributed by atoms with Crippen LogP contribution < -0.4 is 31.8 Å². The number of halogens is 2. The number of hydrogen-bond donors (Lipinski definition) is 8. The van der Waals surface area contributed by atoms with Crippen LogP contribution >= 0.6 is 23.2 Å². The molecule has 4 aromatic carbocycles. The standard InChI is InChI=1S/C39H35Cl2N9O14S3/c40-26-29-33(27(41)30-34(26)64-32-24(46-30)18-25(28(42)36(32)67(58,59)60)65(53,54)21-6-5-19-3-1-2-4-20(19)17-21)63-31-22(45-29)7-8-23(35(31)66(55,56)57)47-39-49-37(43-9-13-61-15-11-51)48-38(50-39)44-10-14-62-16-12-52/h1-8,17-18,46,51-52H,9-16,42H2,(H,55,56,57)(H,58,59,60)(H2,43,44,48,49,50)/b47-23-. The van der Waals surface area contributed by atoms with Gasteiger partial charge in [-0.15, -0.1) is 0 Å². The molecule has 0 saturated heterocycles. The van der Waals surface area contributed by atoms with Gasteiger partial charge in [0.2, 0.25) is 21.7 Å². The van der Waals surface area contributed by atoms with Crippen molar-refractivity contribution >= 4 is 110 Å². The molecule has 0 fully saturated rings. The highest BCUT2D eigenvalue weighted by molar-refractivity contribution is 7.91. The molecule has 2 aliphatic heterocycles. The Morgan fingerprint density at radius 1 is 0.746 bits per heavy atom. The van der Waals surface area contributed by atoms with Gasteiger partial charge in [-0.05, 0) is 41.1 Å². The van der Waals surface area contributed by atoms with Crippen molar-refractivity contribution in [1.82, 2.24) is 19.9 Å². The van der Waals surface area contributed by atoms with Crippen molar-refractivity contribution < 1.29 is 63.2 Å². The van der Waals surface area contributed by atoms with Crippen molar-refractivity contribution in [1.29, 1.82) is 0 Å². The molecule has 5 aromatic rings. The predicted molar refractivity (Wildman–Crippen MR) is 242 cm³/mol. The Morgan fingerprint density at radius 2 is 1.39 bits per heavy atom. The number of nitrogens with two attached hydrogens (primary N) is 1. The van der Waals surface area contributed by atoms with Gasteiger partial charge in [-0.25, -0.2) is 18.4 Å². The summed E-state index contributed by atoms with van der Waals surface area (Å²) in [7, 11) is -15.2. The van der Waals surface area contributed by atoms with Gasteiger partial charge in [0.15, 0.2) is 32.6 Å². The number of fused-ring (bicyclic) bond motifs is 5. The molecule has 1 aliphatic carbocycles. The number of hydrogen-bond acceptors (Lipinski definition) is 21. The van der Waals surface area contributed by atoms with Crippen LogP contribution in [-0.4, -0.2) is 117 Å². The highest BCUT2D eigenvalue weighted by atomic mass is 35.5. The Bertz CT molecular complexity index is 3460. The quantitative estimate of drug-likeness (QED) is 0.0271. The normalized spacial score (nSPS) is 13.1. The van der Waals surface area contributed by atoms with E-state index in [4.69, 9.17) is 57.8 Å². The number of aliphatic hydroxyl groups is 2. The number of sulfone groups is 1. The van der Waals surface area contributed by atoms with Crippen molar-refractivity contribution in [3.05, 3.63) is 76.1 Å². The van der Waals surface area contributed by atoms with Crippen molar-refractivity contribution in [3.8, 4) is 23.0 Å². The smallest absolute Gasteiger partial charge is 0.300 e. The Balaban J connectivity index is 1.25. The van der Waals surface area contributed by atoms with E-state index in [1.165, 1.54) is 18.2 Å². The number of anilines is 5. The van der Waals surface area contributed by atoms with Crippen LogP contribution in [0.5, 0.6) is 11.5 Å². The van der Waals surface area contributed by atoms with Gasteiger partial charge in [0.25, 0.3) is 16.1 Å².